The van der Waals surface area contributed by atoms with Crippen LogP contribution in [-0.4, -0.2) is 35.9 Å². The largest absolute Gasteiger partial charge is 0.490 e. The topological polar surface area (TPSA) is 106 Å². The number of aromatic nitrogens is 2. The van der Waals surface area contributed by atoms with Crippen LogP contribution in [0.15, 0.2) is 42.0 Å². The summed E-state index contributed by atoms with van der Waals surface area (Å²) >= 11 is 1.28. The zero-order valence-electron chi connectivity index (χ0n) is 20.3. The predicted molar refractivity (Wildman–Crippen MR) is 136 cm³/mol. The molecule has 0 bridgehead atoms. The number of carbonyl (C=O) groups excluding carboxylic acids is 1. The van der Waals surface area contributed by atoms with Crippen molar-refractivity contribution in [1.29, 1.82) is 5.26 Å². The first-order valence-corrected chi connectivity index (χ1v) is 12.1. The molecule has 0 aliphatic carbocycles. The van der Waals surface area contributed by atoms with E-state index < -0.39 is 5.91 Å². The Kier molecular flexibility index (Phi) is 9.21. The molecule has 1 heterocycles. The molecule has 1 aromatic heterocycles. The van der Waals surface area contributed by atoms with E-state index in [1.807, 2.05) is 45.0 Å². The lowest BCUT2D eigenvalue weighted by Gasteiger charge is -2.13. The van der Waals surface area contributed by atoms with Crippen LogP contribution in [0.25, 0.3) is 6.08 Å². The van der Waals surface area contributed by atoms with E-state index in [9.17, 15) is 10.1 Å². The number of rotatable bonds is 11. The lowest BCUT2D eigenvalue weighted by molar-refractivity contribution is -0.112. The maximum atomic E-state index is 12.5. The lowest BCUT2D eigenvalue weighted by Crippen LogP contribution is -2.13. The molecule has 0 spiro atoms. The van der Waals surface area contributed by atoms with Crippen molar-refractivity contribution in [3.8, 4) is 23.3 Å². The number of ether oxygens (including phenoxy) is 3. The molecular weight excluding hydrogens is 464 g/mol. The van der Waals surface area contributed by atoms with E-state index in [0.29, 0.717) is 42.0 Å². The summed E-state index contributed by atoms with van der Waals surface area (Å²) < 4.78 is 17.3. The summed E-state index contributed by atoms with van der Waals surface area (Å²) in [5.74, 6) is 1.32. The number of nitrogens with zero attached hydrogens (tertiary/aromatic N) is 3. The average Bonchev–Trinajstić information content (AvgIpc) is 3.31. The quantitative estimate of drug-likeness (QED) is 0.225. The van der Waals surface area contributed by atoms with Crippen LogP contribution in [0.1, 0.15) is 35.5 Å². The smallest absolute Gasteiger partial charge is 0.268 e. The molecule has 3 rings (SSSR count). The zero-order valence-corrected chi connectivity index (χ0v) is 21.1. The van der Waals surface area contributed by atoms with Crippen molar-refractivity contribution in [3.05, 3.63) is 63.7 Å². The molecule has 9 heteroatoms. The number of benzene rings is 2. The van der Waals surface area contributed by atoms with Gasteiger partial charge in [0, 0.05) is 0 Å². The third-order valence-electron chi connectivity index (χ3n) is 5.02. The Bertz CT molecular complexity index is 1250. The SMILES string of the molecule is CCOc1cc(/C=C(/C#N)C(=O)Nc2nnc(CC)s2)ccc1OCCOc1ccc(C)c(C)c1. The number of amides is 1. The summed E-state index contributed by atoms with van der Waals surface area (Å²) in [6.07, 6.45) is 2.22. The Labute approximate surface area is 209 Å². The van der Waals surface area contributed by atoms with Crippen molar-refractivity contribution in [3.63, 3.8) is 0 Å². The molecule has 1 N–H and O–H groups in total. The van der Waals surface area contributed by atoms with Crippen molar-refractivity contribution in [1.82, 2.24) is 10.2 Å². The summed E-state index contributed by atoms with van der Waals surface area (Å²) in [7, 11) is 0. The van der Waals surface area contributed by atoms with Crippen LogP contribution in [0.5, 0.6) is 17.2 Å². The fourth-order valence-electron chi connectivity index (χ4n) is 3.04. The second-order valence-electron chi connectivity index (χ2n) is 7.56. The van der Waals surface area contributed by atoms with E-state index in [-0.39, 0.29) is 5.57 Å². The van der Waals surface area contributed by atoms with Gasteiger partial charge in [-0.1, -0.05) is 30.4 Å². The number of nitrogens with one attached hydrogen (secondary N) is 1. The van der Waals surface area contributed by atoms with Gasteiger partial charge in [-0.05, 0) is 74.2 Å². The Morgan fingerprint density at radius 2 is 1.83 bits per heavy atom. The van der Waals surface area contributed by atoms with Crippen LogP contribution in [0.4, 0.5) is 5.13 Å². The fraction of sp³-hybridized carbons (Fsp3) is 0.308. The third kappa shape index (κ3) is 7.29. The Hall–Kier alpha value is -3.90. The number of carbonyl (C=O) groups is 1. The number of nitriles is 1. The molecule has 35 heavy (non-hydrogen) atoms. The van der Waals surface area contributed by atoms with Gasteiger partial charge in [0.2, 0.25) is 5.13 Å². The van der Waals surface area contributed by atoms with Crippen molar-refractivity contribution >= 4 is 28.5 Å². The van der Waals surface area contributed by atoms with E-state index in [4.69, 9.17) is 14.2 Å². The molecule has 0 radical (unpaired) electrons. The van der Waals surface area contributed by atoms with Gasteiger partial charge in [-0.2, -0.15) is 5.26 Å². The molecule has 3 aromatic rings. The van der Waals surface area contributed by atoms with Crippen LogP contribution < -0.4 is 19.5 Å². The molecule has 0 unspecified atom stereocenters. The minimum Gasteiger partial charge on any atom is -0.490 e. The number of anilines is 1. The molecular formula is C26H28N4O4S. The summed E-state index contributed by atoms with van der Waals surface area (Å²) in [6.45, 7) is 9.07. The van der Waals surface area contributed by atoms with E-state index in [1.165, 1.54) is 28.5 Å². The van der Waals surface area contributed by atoms with E-state index in [1.54, 1.807) is 18.2 Å². The molecule has 8 nitrogen and oxygen atoms in total. The van der Waals surface area contributed by atoms with Crippen molar-refractivity contribution in [2.75, 3.05) is 25.1 Å². The molecule has 182 valence electrons. The summed E-state index contributed by atoms with van der Waals surface area (Å²) in [4.78, 5) is 12.5. The van der Waals surface area contributed by atoms with Crippen LogP contribution in [-0.2, 0) is 11.2 Å². The zero-order chi connectivity index (χ0) is 25.2. The average molecular weight is 493 g/mol. The first-order valence-electron chi connectivity index (χ1n) is 11.3. The summed E-state index contributed by atoms with van der Waals surface area (Å²) in [5, 5.41) is 21.2. The number of aryl methyl sites for hydroxylation is 3. The van der Waals surface area contributed by atoms with E-state index >= 15 is 0 Å². The molecule has 2 aromatic carbocycles. The highest BCUT2D eigenvalue weighted by atomic mass is 32.1. The van der Waals surface area contributed by atoms with Gasteiger partial charge in [-0.3, -0.25) is 10.1 Å². The maximum Gasteiger partial charge on any atom is 0.268 e. The number of hydrogen-bond donors (Lipinski definition) is 1. The standard InChI is InChI=1S/C26H28N4O4S/c1-5-24-29-30-26(35-24)28-25(31)20(16-27)14-19-8-10-22(23(15-19)32-6-2)34-12-11-33-21-9-7-17(3)18(4)13-21/h7-10,13-15H,5-6,11-12H2,1-4H3,(H,28,30,31)/b20-14-. The highest BCUT2D eigenvalue weighted by molar-refractivity contribution is 7.15. The highest BCUT2D eigenvalue weighted by Gasteiger charge is 2.14. The van der Waals surface area contributed by atoms with Crippen LogP contribution >= 0.6 is 11.3 Å². The van der Waals surface area contributed by atoms with Gasteiger partial charge in [0.05, 0.1) is 6.61 Å². The minimum atomic E-state index is -0.548. The molecule has 0 saturated carbocycles. The Balaban J connectivity index is 1.65. The fourth-order valence-corrected chi connectivity index (χ4v) is 3.72. The van der Waals surface area contributed by atoms with Gasteiger partial charge in [0.1, 0.15) is 35.6 Å². The van der Waals surface area contributed by atoms with Crippen molar-refractivity contribution in [2.45, 2.75) is 34.1 Å². The second-order valence-corrected chi connectivity index (χ2v) is 8.62. The molecule has 0 aliphatic rings. The Morgan fingerprint density at radius 3 is 2.51 bits per heavy atom. The normalized spacial score (nSPS) is 11.0. The highest BCUT2D eigenvalue weighted by Crippen LogP contribution is 2.29. The van der Waals surface area contributed by atoms with Crippen molar-refractivity contribution < 1.29 is 19.0 Å². The first kappa shape index (κ1) is 25.7. The second kappa shape index (κ2) is 12.5. The molecule has 1 amide bonds. The minimum absolute atomic E-state index is 0.0591. The van der Waals surface area contributed by atoms with E-state index in [0.717, 1.165) is 17.2 Å². The molecule has 0 fully saturated rings. The molecule has 0 saturated heterocycles. The van der Waals surface area contributed by atoms with Gasteiger partial charge in [0.25, 0.3) is 5.91 Å². The van der Waals surface area contributed by atoms with Gasteiger partial charge in [-0.25, -0.2) is 0 Å². The van der Waals surface area contributed by atoms with Gasteiger partial charge in [0.15, 0.2) is 11.5 Å². The molecule has 0 atom stereocenters. The maximum absolute atomic E-state index is 12.5. The third-order valence-corrected chi connectivity index (χ3v) is 6.00. The summed E-state index contributed by atoms with van der Waals surface area (Å²) in [5.41, 5.74) is 2.96. The first-order chi connectivity index (χ1) is 16.9. The molecule has 0 aliphatic heterocycles. The Morgan fingerprint density at radius 1 is 1.03 bits per heavy atom. The monoisotopic (exact) mass is 492 g/mol. The number of hydrogen-bond acceptors (Lipinski definition) is 8. The van der Waals surface area contributed by atoms with E-state index in [2.05, 4.69) is 22.4 Å². The summed E-state index contributed by atoms with van der Waals surface area (Å²) in [6, 6.07) is 13.1. The predicted octanol–water partition coefficient (Wildman–Crippen LogP) is 5.12. The van der Waals surface area contributed by atoms with Crippen LogP contribution in [0.3, 0.4) is 0 Å². The van der Waals surface area contributed by atoms with Crippen molar-refractivity contribution in [2.24, 2.45) is 0 Å². The van der Waals surface area contributed by atoms with Crippen LogP contribution in [0.2, 0.25) is 0 Å². The van der Waals surface area contributed by atoms with Gasteiger partial charge in [-0.15, -0.1) is 10.2 Å². The van der Waals surface area contributed by atoms with Gasteiger partial charge >= 0.3 is 0 Å². The van der Waals surface area contributed by atoms with Gasteiger partial charge < -0.3 is 14.2 Å². The van der Waals surface area contributed by atoms with Crippen LogP contribution in [0, 0.1) is 25.2 Å². The lowest BCUT2D eigenvalue weighted by atomic mass is 10.1.